The Labute approximate surface area is 314 Å². The predicted molar refractivity (Wildman–Crippen MR) is 209 cm³/mol. The van der Waals surface area contributed by atoms with Crippen molar-refractivity contribution in [3.8, 4) is 5.88 Å². The van der Waals surface area contributed by atoms with E-state index in [2.05, 4.69) is 17.6 Å². The summed E-state index contributed by atoms with van der Waals surface area (Å²) >= 11 is 6.43. The van der Waals surface area contributed by atoms with Gasteiger partial charge >= 0.3 is 5.69 Å². The van der Waals surface area contributed by atoms with Crippen LogP contribution in [0.4, 0.5) is 11.4 Å². The van der Waals surface area contributed by atoms with Crippen molar-refractivity contribution in [3.63, 3.8) is 0 Å². The number of benzene rings is 2. The van der Waals surface area contributed by atoms with E-state index in [4.69, 9.17) is 16.3 Å². The highest BCUT2D eigenvalue weighted by Gasteiger charge is 2.39. The fourth-order valence-corrected chi connectivity index (χ4v) is 7.68. The van der Waals surface area contributed by atoms with Crippen LogP contribution in [0.2, 0.25) is 5.02 Å². The first kappa shape index (κ1) is 42.8. The van der Waals surface area contributed by atoms with Crippen molar-refractivity contribution >= 4 is 44.5 Å². The van der Waals surface area contributed by atoms with E-state index in [1.165, 1.54) is 55.4 Å². The SMILES string of the molecule is CCCCCCCCCCCCS(=O)(=O)CC(C)OCNc1ccc(Cl)c(NC(=O)C(C(=O)C(C)(C)C)n2c(O)cn(Cc3ccccc3)c2=O)c1. The zero-order valence-electron chi connectivity index (χ0n) is 31.3. The van der Waals surface area contributed by atoms with E-state index in [1.54, 1.807) is 39.8 Å². The van der Waals surface area contributed by atoms with Crippen molar-refractivity contribution in [2.24, 2.45) is 5.41 Å². The van der Waals surface area contributed by atoms with Gasteiger partial charge in [0, 0.05) is 11.1 Å². The molecule has 0 spiro atoms. The zero-order valence-corrected chi connectivity index (χ0v) is 32.9. The van der Waals surface area contributed by atoms with Crippen LogP contribution in [0, 0.1) is 5.41 Å². The Morgan fingerprint density at radius 3 is 2.17 bits per heavy atom. The average Bonchev–Trinajstić information content (AvgIpc) is 3.34. The van der Waals surface area contributed by atoms with Gasteiger partial charge in [0.25, 0.3) is 5.91 Å². The summed E-state index contributed by atoms with van der Waals surface area (Å²) in [5.41, 5.74) is -0.306. The molecule has 0 aliphatic heterocycles. The van der Waals surface area contributed by atoms with E-state index in [9.17, 15) is 27.9 Å². The molecule has 13 heteroatoms. The molecule has 1 aromatic heterocycles. The van der Waals surface area contributed by atoms with Crippen LogP contribution in [-0.2, 0) is 30.7 Å². The number of nitrogens with one attached hydrogen (secondary N) is 2. The lowest BCUT2D eigenvalue weighted by Gasteiger charge is -2.25. The largest absolute Gasteiger partial charge is 0.493 e. The van der Waals surface area contributed by atoms with Gasteiger partial charge in [0.2, 0.25) is 5.88 Å². The van der Waals surface area contributed by atoms with Crippen LogP contribution in [0.5, 0.6) is 5.88 Å². The number of rotatable bonds is 23. The van der Waals surface area contributed by atoms with E-state index >= 15 is 0 Å². The summed E-state index contributed by atoms with van der Waals surface area (Å²) in [6, 6.07) is 12.2. The predicted octanol–water partition coefficient (Wildman–Crippen LogP) is 7.96. The van der Waals surface area contributed by atoms with Gasteiger partial charge in [-0.2, -0.15) is 0 Å². The number of carbonyl (C=O) groups excluding carboxylic acids is 2. The van der Waals surface area contributed by atoms with Crippen molar-refractivity contribution in [1.29, 1.82) is 0 Å². The van der Waals surface area contributed by atoms with Gasteiger partial charge in [0.05, 0.1) is 41.1 Å². The highest BCUT2D eigenvalue weighted by molar-refractivity contribution is 7.91. The number of Topliss-reactive ketones (excluding diaryl/α,β-unsaturated/α-hetero) is 1. The van der Waals surface area contributed by atoms with E-state index in [1.807, 2.05) is 30.3 Å². The minimum atomic E-state index is -3.27. The molecule has 3 N–H and O–H groups in total. The third-order valence-electron chi connectivity index (χ3n) is 8.83. The lowest BCUT2D eigenvalue weighted by molar-refractivity contribution is -0.135. The first-order valence-corrected chi connectivity index (χ1v) is 20.6. The minimum Gasteiger partial charge on any atom is -0.493 e. The van der Waals surface area contributed by atoms with Gasteiger partial charge in [-0.25, -0.2) is 17.8 Å². The molecule has 2 unspecified atom stereocenters. The molecule has 0 aliphatic carbocycles. The van der Waals surface area contributed by atoms with Crippen LogP contribution in [0.3, 0.4) is 0 Å². The third kappa shape index (κ3) is 13.7. The molecule has 1 heterocycles. The molecule has 2 atom stereocenters. The van der Waals surface area contributed by atoms with Crippen LogP contribution >= 0.6 is 11.6 Å². The van der Waals surface area contributed by atoms with E-state index in [0.29, 0.717) is 12.1 Å². The molecular formula is C39H57ClN4O7S. The van der Waals surface area contributed by atoms with Gasteiger partial charge in [-0.05, 0) is 37.1 Å². The smallest absolute Gasteiger partial charge is 0.332 e. The summed E-state index contributed by atoms with van der Waals surface area (Å²) in [5.74, 6) is -1.92. The molecule has 52 heavy (non-hydrogen) atoms. The third-order valence-corrected chi connectivity index (χ3v) is 11.0. The van der Waals surface area contributed by atoms with Crippen molar-refractivity contribution < 1.29 is 27.9 Å². The summed E-state index contributed by atoms with van der Waals surface area (Å²) in [6.07, 6.45) is 12.0. The molecule has 3 rings (SSSR count). The van der Waals surface area contributed by atoms with Gasteiger partial charge in [0.1, 0.15) is 6.73 Å². The quantitative estimate of drug-likeness (QED) is 0.0501. The number of nitrogens with zero attached hydrogens (tertiary/aromatic N) is 2. The Hall–Kier alpha value is -3.61. The van der Waals surface area contributed by atoms with Crippen molar-refractivity contribution in [2.45, 2.75) is 118 Å². The zero-order chi connectivity index (χ0) is 38.3. The number of amides is 1. The molecule has 288 valence electrons. The Morgan fingerprint density at radius 1 is 0.942 bits per heavy atom. The molecular weight excluding hydrogens is 704 g/mol. The number of ketones is 1. The summed E-state index contributed by atoms with van der Waals surface area (Å²) in [7, 11) is -3.27. The maximum absolute atomic E-state index is 13.8. The number of carbonyl (C=O) groups is 2. The number of sulfone groups is 1. The number of aromatic nitrogens is 2. The standard InChI is InChI=1S/C39H57ClN4O7S/c1-6-7-8-9-10-11-12-13-14-18-23-52(49,50)27-29(2)51-28-41-31-21-22-32(40)33(24-31)42-37(47)35(36(46)39(3,4)5)44-34(45)26-43(38(44)48)25-30-19-16-15-17-20-30/h15-17,19-22,24,26,29,35,41,45H,6-14,18,23,25,27-28H2,1-5H3,(H,42,47). The summed E-state index contributed by atoms with van der Waals surface area (Å²) in [4.78, 5) is 40.9. The fourth-order valence-electron chi connectivity index (χ4n) is 5.89. The number of imidazole rings is 1. The Balaban J connectivity index is 1.58. The maximum atomic E-state index is 13.8. The number of anilines is 2. The van der Waals surface area contributed by atoms with Crippen LogP contribution in [-0.4, -0.2) is 58.7 Å². The van der Waals surface area contributed by atoms with E-state index < -0.39 is 50.7 Å². The number of hydrogen-bond acceptors (Lipinski definition) is 8. The number of ether oxygens (including phenoxy) is 1. The van der Waals surface area contributed by atoms with Gasteiger partial charge < -0.3 is 20.5 Å². The number of halogens is 1. The first-order chi connectivity index (χ1) is 24.6. The molecule has 3 aromatic rings. The van der Waals surface area contributed by atoms with Crippen molar-refractivity contribution in [2.75, 3.05) is 28.9 Å². The molecule has 1 amide bonds. The van der Waals surface area contributed by atoms with Gasteiger partial charge in [-0.3, -0.25) is 14.2 Å². The van der Waals surface area contributed by atoms with E-state index in [-0.39, 0.29) is 35.5 Å². The molecule has 0 fully saturated rings. The van der Waals surface area contributed by atoms with Gasteiger partial charge in [-0.15, -0.1) is 0 Å². The lowest BCUT2D eigenvalue weighted by atomic mass is 9.86. The minimum absolute atomic E-state index is 0.00665. The van der Waals surface area contributed by atoms with Crippen molar-refractivity contribution in [3.05, 3.63) is 75.8 Å². The van der Waals surface area contributed by atoms with E-state index in [0.717, 1.165) is 29.4 Å². The molecule has 0 bridgehead atoms. The molecule has 11 nitrogen and oxygen atoms in total. The second-order valence-electron chi connectivity index (χ2n) is 14.5. The topological polar surface area (TPSA) is 149 Å². The summed E-state index contributed by atoms with van der Waals surface area (Å²) in [6.45, 7) is 8.92. The molecule has 0 saturated heterocycles. The second-order valence-corrected chi connectivity index (χ2v) is 17.2. The average molecular weight is 761 g/mol. The molecule has 0 aliphatic rings. The molecule has 0 radical (unpaired) electrons. The highest BCUT2D eigenvalue weighted by atomic mass is 35.5. The monoisotopic (exact) mass is 760 g/mol. The fraction of sp³-hybridized carbons (Fsp3) is 0.564. The highest BCUT2D eigenvalue weighted by Crippen LogP contribution is 2.30. The second kappa shape index (κ2) is 20.6. The Morgan fingerprint density at radius 2 is 1.56 bits per heavy atom. The van der Waals surface area contributed by atoms with Gasteiger partial charge in [0.15, 0.2) is 21.7 Å². The number of unbranched alkanes of at least 4 members (excludes halogenated alkanes) is 9. The Bertz CT molecular complexity index is 1750. The summed E-state index contributed by atoms with van der Waals surface area (Å²) < 4.78 is 33.1. The number of hydrogen-bond donors (Lipinski definition) is 3. The van der Waals surface area contributed by atoms with Gasteiger partial charge in [-0.1, -0.05) is 127 Å². The maximum Gasteiger partial charge on any atom is 0.332 e. The van der Waals surface area contributed by atoms with Crippen LogP contribution in [0.25, 0.3) is 0 Å². The molecule has 2 aromatic carbocycles. The Kier molecular flexibility index (Phi) is 16.9. The summed E-state index contributed by atoms with van der Waals surface area (Å²) in [5, 5.41) is 16.7. The first-order valence-electron chi connectivity index (χ1n) is 18.4. The van der Waals surface area contributed by atoms with Crippen LogP contribution < -0.4 is 16.3 Å². The number of aromatic hydroxyl groups is 1. The van der Waals surface area contributed by atoms with Crippen LogP contribution in [0.1, 0.15) is 110 Å². The lowest BCUT2D eigenvalue weighted by Crippen LogP contribution is -2.43. The molecule has 0 saturated carbocycles. The van der Waals surface area contributed by atoms with Crippen LogP contribution in [0.15, 0.2) is 59.5 Å². The normalized spacial score (nSPS) is 13.1. The van der Waals surface area contributed by atoms with Crippen molar-refractivity contribution in [1.82, 2.24) is 9.13 Å².